The normalized spacial score (nSPS) is 13.3. The number of hydrogen-bond donors (Lipinski definition) is 3. The molecule has 0 saturated carbocycles. The maximum absolute atomic E-state index is 12.1. The number of hydrogen-bond acceptors (Lipinski definition) is 5. The van der Waals surface area contributed by atoms with Crippen LogP contribution in [0.3, 0.4) is 0 Å². The predicted octanol–water partition coefficient (Wildman–Crippen LogP) is 2.10. The van der Waals surface area contributed by atoms with E-state index in [1.54, 1.807) is 11.4 Å². The maximum Gasteiger partial charge on any atom is 0.240 e. The molecule has 1 aromatic carbocycles. The van der Waals surface area contributed by atoms with Gasteiger partial charge in [0.15, 0.2) is 0 Å². The Kier molecular flexibility index (Phi) is 4.82. The molecule has 0 aliphatic rings. The first-order valence-corrected chi connectivity index (χ1v) is 8.87. The highest BCUT2D eigenvalue weighted by atomic mass is 79.9. The van der Waals surface area contributed by atoms with E-state index in [0.717, 1.165) is 0 Å². The first-order valence-electron chi connectivity index (χ1n) is 5.65. The van der Waals surface area contributed by atoms with Crippen LogP contribution in [0, 0.1) is 0 Å². The lowest BCUT2D eigenvalue weighted by molar-refractivity contribution is 0.182. The largest absolute Gasteiger partial charge is 0.398 e. The van der Waals surface area contributed by atoms with Crippen LogP contribution in [0.4, 0.5) is 5.69 Å². The molecule has 1 heterocycles. The molecule has 108 valence electrons. The van der Waals surface area contributed by atoms with Crippen molar-refractivity contribution in [2.45, 2.75) is 11.0 Å². The van der Waals surface area contributed by atoms with Crippen molar-refractivity contribution >= 4 is 43.0 Å². The molecule has 1 unspecified atom stereocenters. The van der Waals surface area contributed by atoms with Gasteiger partial charge in [0.05, 0.1) is 11.0 Å². The maximum atomic E-state index is 12.1. The Morgan fingerprint density at radius 1 is 1.40 bits per heavy atom. The first-order chi connectivity index (χ1) is 9.40. The molecule has 8 heteroatoms. The number of nitrogens with one attached hydrogen (secondary N) is 1. The van der Waals surface area contributed by atoms with Crippen molar-refractivity contribution in [1.29, 1.82) is 0 Å². The number of aliphatic hydroxyl groups excluding tert-OH is 1. The molecule has 0 amide bonds. The standard InChI is InChI=1S/C12H13BrN2O3S2/c13-10-5-9(1-2-11(10)14)20(17,18)15-6-12(16)8-3-4-19-7-8/h1-5,7,12,15-16H,6,14H2. The van der Waals surface area contributed by atoms with Crippen LogP contribution in [-0.4, -0.2) is 20.1 Å². The van der Waals surface area contributed by atoms with Gasteiger partial charge < -0.3 is 10.8 Å². The van der Waals surface area contributed by atoms with Gasteiger partial charge in [-0.3, -0.25) is 0 Å². The summed E-state index contributed by atoms with van der Waals surface area (Å²) in [4.78, 5) is 0.0936. The summed E-state index contributed by atoms with van der Waals surface area (Å²) in [5, 5.41) is 13.5. The van der Waals surface area contributed by atoms with Gasteiger partial charge in [-0.05, 0) is 56.5 Å². The fourth-order valence-corrected chi connectivity index (χ4v) is 3.83. The zero-order valence-corrected chi connectivity index (χ0v) is 13.5. The summed E-state index contributed by atoms with van der Waals surface area (Å²) < 4.78 is 27.1. The minimum Gasteiger partial charge on any atom is -0.398 e. The molecule has 0 aliphatic carbocycles. The zero-order valence-electron chi connectivity index (χ0n) is 10.3. The second kappa shape index (κ2) is 6.23. The lowest BCUT2D eigenvalue weighted by Crippen LogP contribution is -2.28. The van der Waals surface area contributed by atoms with Gasteiger partial charge in [-0.25, -0.2) is 13.1 Å². The lowest BCUT2D eigenvalue weighted by Gasteiger charge is -2.11. The number of rotatable bonds is 5. The minimum atomic E-state index is -3.68. The van der Waals surface area contributed by atoms with Crippen LogP contribution < -0.4 is 10.5 Å². The fraction of sp³-hybridized carbons (Fsp3) is 0.167. The number of halogens is 1. The van der Waals surface area contributed by atoms with Gasteiger partial charge in [0.25, 0.3) is 0 Å². The van der Waals surface area contributed by atoms with Crippen molar-refractivity contribution in [1.82, 2.24) is 4.72 Å². The molecule has 0 bridgehead atoms. The molecule has 20 heavy (non-hydrogen) atoms. The SMILES string of the molecule is Nc1ccc(S(=O)(=O)NCC(O)c2ccsc2)cc1Br. The Balaban J connectivity index is 2.09. The monoisotopic (exact) mass is 376 g/mol. The molecular formula is C12H13BrN2O3S2. The Morgan fingerprint density at radius 3 is 2.75 bits per heavy atom. The summed E-state index contributed by atoms with van der Waals surface area (Å²) >= 11 is 4.63. The summed E-state index contributed by atoms with van der Waals surface area (Å²) in [5.41, 5.74) is 6.77. The quantitative estimate of drug-likeness (QED) is 0.696. The van der Waals surface area contributed by atoms with Gasteiger partial charge in [0.1, 0.15) is 0 Å². The Bertz CT molecular complexity index is 687. The highest BCUT2D eigenvalue weighted by molar-refractivity contribution is 9.10. The van der Waals surface area contributed by atoms with Crippen LogP contribution in [0.5, 0.6) is 0 Å². The molecule has 0 radical (unpaired) electrons. The van der Waals surface area contributed by atoms with Crippen molar-refractivity contribution < 1.29 is 13.5 Å². The van der Waals surface area contributed by atoms with Crippen LogP contribution in [0.25, 0.3) is 0 Å². The fourth-order valence-electron chi connectivity index (χ4n) is 1.53. The van der Waals surface area contributed by atoms with Gasteiger partial charge in [-0.1, -0.05) is 0 Å². The van der Waals surface area contributed by atoms with Gasteiger partial charge in [-0.15, -0.1) is 0 Å². The summed E-state index contributed by atoms with van der Waals surface area (Å²) in [6, 6.07) is 6.10. The second-order valence-corrected chi connectivity index (χ2v) is 7.51. The van der Waals surface area contributed by atoms with Crippen molar-refractivity contribution in [3.8, 4) is 0 Å². The topological polar surface area (TPSA) is 92.4 Å². The van der Waals surface area contributed by atoms with Crippen molar-refractivity contribution in [2.24, 2.45) is 0 Å². The summed E-state index contributed by atoms with van der Waals surface area (Å²) in [6.45, 7) is -0.0823. The molecule has 2 rings (SSSR count). The first kappa shape index (κ1) is 15.5. The van der Waals surface area contributed by atoms with E-state index in [4.69, 9.17) is 5.73 Å². The second-order valence-electron chi connectivity index (χ2n) is 4.11. The van der Waals surface area contributed by atoms with Crippen LogP contribution >= 0.6 is 27.3 Å². The molecule has 0 saturated heterocycles. The Hall–Kier alpha value is -0.930. The molecule has 1 aromatic heterocycles. The number of aliphatic hydroxyl groups is 1. The lowest BCUT2D eigenvalue weighted by atomic mass is 10.2. The number of anilines is 1. The van der Waals surface area contributed by atoms with E-state index in [-0.39, 0.29) is 11.4 Å². The Morgan fingerprint density at radius 2 is 2.15 bits per heavy atom. The summed E-state index contributed by atoms with van der Waals surface area (Å²) in [5.74, 6) is 0. The van der Waals surface area contributed by atoms with E-state index in [2.05, 4.69) is 20.7 Å². The predicted molar refractivity (Wildman–Crippen MR) is 83.0 cm³/mol. The smallest absolute Gasteiger partial charge is 0.240 e. The Labute approximate surface area is 129 Å². The highest BCUT2D eigenvalue weighted by Crippen LogP contribution is 2.23. The van der Waals surface area contributed by atoms with E-state index in [0.29, 0.717) is 15.7 Å². The third-order valence-electron chi connectivity index (χ3n) is 2.68. The summed E-state index contributed by atoms with van der Waals surface area (Å²) in [6.07, 6.45) is -0.867. The molecule has 5 nitrogen and oxygen atoms in total. The van der Waals surface area contributed by atoms with Crippen LogP contribution in [0.1, 0.15) is 11.7 Å². The summed E-state index contributed by atoms with van der Waals surface area (Å²) in [7, 11) is -3.68. The van der Waals surface area contributed by atoms with Crippen LogP contribution in [-0.2, 0) is 10.0 Å². The van der Waals surface area contributed by atoms with Crippen LogP contribution in [0.15, 0.2) is 44.4 Å². The molecule has 0 aliphatic heterocycles. The van der Waals surface area contributed by atoms with E-state index < -0.39 is 16.1 Å². The molecule has 1 atom stereocenters. The average Bonchev–Trinajstić information content (AvgIpc) is 2.93. The van der Waals surface area contributed by atoms with Crippen molar-refractivity contribution in [3.63, 3.8) is 0 Å². The van der Waals surface area contributed by atoms with Crippen molar-refractivity contribution in [2.75, 3.05) is 12.3 Å². The number of benzene rings is 1. The van der Waals surface area contributed by atoms with Crippen LogP contribution in [0.2, 0.25) is 0 Å². The molecule has 0 fully saturated rings. The average molecular weight is 377 g/mol. The third-order valence-corrected chi connectivity index (χ3v) is 5.49. The number of nitrogen functional groups attached to an aromatic ring is 1. The van der Waals surface area contributed by atoms with E-state index in [1.165, 1.54) is 29.5 Å². The zero-order chi connectivity index (χ0) is 14.8. The molecule has 4 N–H and O–H groups in total. The van der Waals surface area contributed by atoms with E-state index in [9.17, 15) is 13.5 Å². The number of sulfonamides is 1. The van der Waals surface area contributed by atoms with Gasteiger partial charge in [0, 0.05) is 16.7 Å². The molecule has 0 spiro atoms. The van der Waals surface area contributed by atoms with Gasteiger partial charge in [0.2, 0.25) is 10.0 Å². The molecule has 2 aromatic rings. The van der Waals surface area contributed by atoms with Gasteiger partial charge >= 0.3 is 0 Å². The third kappa shape index (κ3) is 3.58. The van der Waals surface area contributed by atoms with E-state index >= 15 is 0 Å². The van der Waals surface area contributed by atoms with E-state index in [1.807, 2.05) is 5.38 Å². The minimum absolute atomic E-state index is 0.0823. The van der Waals surface area contributed by atoms with Gasteiger partial charge in [-0.2, -0.15) is 11.3 Å². The highest BCUT2D eigenvalue weighted by Gasteiger charge is 2.17. The van der Waals surface area contributed by atoms with Crippen molar-refractivity contribution in [3.05, 3.63) is 45.1 Å². The number of nitrogens with two attached hydrogens (primary N) is 1. The number of thiophene rings is 1. The molecular weight excluding hydrogens is 364 g/mol.